The predicted molar refractivity (Wildman–Crippen MR) is 110 cm³/mol. The van der Waals surface area contributed by atoms with Crippen LogP contribution in [0.1, 0.15) is 24.0 Å². The molecule has 9 heteroatoms. The van der Waals surface area contributed by atoms with Gasteiger partial charge in [0.05, 0.1) is 13.1 Å². The minimum atomic E-state index is -2.59. The van der Waals surface area contributed by atoms with Crippen molar-refractivity contribution in [2.75, 3.05) is 26.2 Å². The SMILES string of the molecule is FC1(F)CCN(Cc2ccc(O[B]Oc3ccc(CN4CCC(F)(F)C4)cc3)cc2)C1. The van der Waals surface area contributed by atoms with Gasteiger partial charge in [-0.1, -0.05) is 24.3 Å². The summed E-state index contributed by atoms with van der Waals surface area (Å²) in [7, 11) is 1.21. The average molecular weight is 435 g/mol. The van der Waals surface area contributed by atoms with Crippen LogP contribution in [0, 0.1) is 0 Å². The smallest absolute Gasteiger partial charge is 0.526 e. The van der Waals surface area contributed by atoms with Gasteiger partial charge in [-0.15, -0.1) is 0 Å². The van der Waals surface area contributed by atoms with Crippen molar-refractivity contribution < 1.29 is 26.9 Å². The van der Waals surface area contributed by atoms with Crippen LogP contribution in [0.4, 0.5) is 17.6 Å². The van der Waals surface area contributed by atoms with Crippen LogP contribution in [0.25, 0.3) is 0 Å². The zero-order valence-electron chi connectivity index (χ0n) is 17.1. The van der Waals surface area contributed by atoms with Crippen LogP contribution >= 0.6 is 0 Å². The first-order chi connectivity index (χ1) is 14.8. The van der Waals surface area contributed by atoms with E-state index in [9.17, 15) is 17.6 Å². The van der Waals surface area contributed by atoms with E-state index in [2.05, 4.69) is 0 Å². The van der Waals surface area contributed by atoms with Crippen LogP contribution < -0.4 is 9.31 Å². The summed E-state index contributed by atoms with van der Waals surface area (Å²) in [4.78, 5) is 3.48. The van der Waals surface area contributed by atoms with E-state index in [4.69, 9.17) is 9.31 Å². The lowest BCUT2D eigenvalue weighted by molar-refractivity contribution is 0.0108. The van der Waals surface area contributed by atoms with E-state index in [-0.39, 0.29) is 25.9 Å². The Bertz CT molecular complexity index is 793. The number of rotatable bonds is 8. The van der Waals surface area contributed by atoms with Crippen molar-refractivity contribution in [1.29, 1.82) is 0 Å². The summed E-state index contributed by atoms with van der Waals surface area (Å²) in [5, 5.41) is 0. The van der Waals surface area contributed by atoms with Crippen molar-refractivity contribution in [3.05, 3.63) is 59.7 Å². The number of likely N-dealkylation sites (tertiary alicyclic amines) is 2. The Morgan fingerprint density at radius 3 is 1.39 bits per heavy atom. The summed E-state index contributed by atoms with van der Waals surface area (Å²) in [5.41, 5.74) is 1.88. The number of halogens is 4. The van der Waals surface area contributed by atoms with Gasteiger partial charge in [0.25, 0.3) is 11.8 Å². The summed E-state index contributed by atoms with van der Waals surface area (Å²) in [6.07, 6.45) is -0.175. The van der Waals surface area contributed by atoms with Crippen molar-refractivity contribution >= 4 is 7.69 Å². The molecule has 0 spiro atoms. The minimum absolute atomic E-state index is 0.0876. The van der Waals surface area contributed by atoms with Crippen LogP contribution in [-0.4, -0.2) is 55.5 Å². The highest BCUT2D eigenvalue weighted by atomic mass is 19.3. The molecule has 2 aromatic carbocycles. The second-order valence-electron chi connectivity index (χ2n) is 8.25. The zero-order chi connectivity index (χ0) is 21.9. The van der Waals surface area contributed by atoms with Gasteiger partial charge < -0.3 is 9.31 Å². The molecule has 0 aromatic heterocycles. The maximum absolute atomic E-state index is 13.3. The summed E-state index contributed by atoms with van der Waals surface area (Å²) in [6, 6.07) is 14.4. The molecule has 2 aliphatic heterocycles. The lowest BCUT2D eigenvalue weighted by Gasteiger charge is -2.16. The number of hydrogen-bond acceptors (Lipinski definition) is 4. The maximum atomic E-state index is 13.3. The zero-order valence-corrected chi connectivity index (χ0v) is 17.1. The van der Waals surface area contributed by atoms with E-state index in [0.717, 1.165) is 11.1 Å². The normalized spacial score (nSPS) is 20.6. The largest absolute Gasteiger partial charge is 0.658 e. The van der Waals surface area contributed by atoms with E-state index >= 15 is 0 Å². The maximum Gasteiger partial charge on any atom is 0.658 e. The minimum Gasteiger partial charge on any atom is -0.526 e. The Hall–Kier alpha value is -2.26. The summed E-state index contributed by atoms with van der Waals surface area (Å²) in [6.45, 7) is 1.37. The number of hydrogen-bond donors (Lipinski definition) is 0. The summed E-state index contributed by atoms with van der Waals surface area (Å²) in [5.74, 6) is -4.03. The first-order valence-electron chi connectivity index (χ1n) is 10.3. The number of alkyl halides is 4. The van der Waals surface area contributed by atoms with Crippen LogP contribution in [0.15, 0.2) is 48.5 Å². The second-order valence-corrected chi connectivity index (χ2v) is 8.25. The van der Waals surface area contributed by atoms with Gasteiger partial charge in [0.15, 0.2) is 0 Å². The van der Waals surface area contributed by atoms with E-state index < -0.39 is 11.8 Å². The molecular weight excluding hydrogens is 411 g/mol. The molecule has 2 saturated heterocycles. The van der Waals surface area contributed by atoms with Gasteiger partial charge >= 0.3 is 7.69 Å². The molecule has 0 amide bonds. The molecule has 4 nitrogen and oxygen atoms in total. The first kappa shape index (κ1) is 22.0. The van der Waals surface area contributed by atoms with Gasteiger partial charge in [-0.3, -0.25) is 9.80 Å². The van der Waals surface area contributed by atoms with Gasteiger partial charge in [-0.25, -0.2) is 17.6 Å². The molecule has 0 saturated carbocycles. The first-order valence-corrected chi connectivity index (χ1v) is 10.3. The molecule has 2 aliphatic rings. The number of nitrogens with zero attached hydrogens (tertiary/aromatic N) is 2. The van der Waals surface area contributed by atoms with Crippen LogP contribution in [-0.2, 0) is 13.1 Å². The molecular formula is C22H24BF4N2O2. The Morgan fingerprint density at radius 1 is 0.677 bits per heavy atom. The van der Waals surface area contributed by atoms with E-state index in [1.165, 1.54) is 7.69 Å². The standard InChI is InChI=1S/C22H24BF4N2O2/c24-21(25)9-11-28(15-21)13-17-1-5-19(6-2-17)30-23-31-20-7-3-18(4-8-20)14-29-12-10-22(26,27)16-29/h1-8H,9-16H2. The molecule has 2 fully saturated rings. The molecule has 2 heterocycles. The van der Waals surface area contributed by atoms with Crippen molar-refractivity contribution in [2.24, 2.45) is 0 Å². The fourth-order valence-electron chi connectivity index (χ4n) is 3.88. The molecule has 1 radical (unpaired) electrons. The van der Waals surface area contributed by atoms with E-state index in [0.29, 0.717) is 37.7 Å². The van der Waals surface area contributed by atoms with Gasteiger partial charge in [0.2, 0.25) is 0 Å². The molecule has 4 rings (SSSR count). The molecule has 0 aliphatic carbocycles. The van der Waals surface area contributed by atoms with E-state index in [1.54, 1.807) is 34.1 Å². The summed E-state index contributed by atoms with van der Waals surface area (Å²) >= 11 is 0. The molecule has 2 aromatic rings. The fourth-order valence-corrected chi connectivity index (χ4v) is 3.88. The van der Waals surface area contributed by atoms with Crippen molar-refractivity contribution in [2.45, 2.75) is 37.8 Å². The monoisotopic (exact) mass is 435 g/mol. The Kier molecular flexibility index (Phi) is 6.43. The van der Waals surface area contributed by atoms with Gasteiger partial charge in [0.1, 0.15) is 11.5 Å². The van der Waals surface area contributed by atoms with Crippen molar-refractivity contribution in [1.82, 2.24) is 9.80 Å². The Balaban J connectivity index is 1.19. The van der Waals surface area contributed by atoms with Crippen LogP contribution in [0.5, 0.6) is 11.5 Å². The lowest BCUT2D eigenvalue weighted by atomic mass is 10.2. The Labute approximate surface area is 180 Å². The highest BCUT2D eigenvalue weighted by Gasteiger charge is 2.38. The summed E-state index contributed by atoms with van der Waals surface area (Å²) < 4.78 is 64.0. The van der Waals surface area contributed by atoms with Crippen LogP contribution in [0.3, 0.4) is 0 Å². The van der Waals surface area contributed by atoms with Crippen molar-refractivity contribution in [3.63, 3.8) is 0 Å². The second kappa shape index (κ2) is 9.08. The molecule has 165 valence electrons. The predicted octanol–water partition coefficient (Wildman–Crippen LogP) is 4.36. The van der Waals surface area contributed by atoms with Crippen molar-refractivity contribution in [3.8, 4) is 11.5 Å². The highest BCUT2D eigenvalue weighted by Crippen LogP contribution is 2.29. The third-order valence-corrected chi connectivity index (χ3v) is 5.52. The topological polar surface area (TPSA) is 24.9 Å². The lowest BCUT2D eigenvalue weighted by Crippen LogP contribution is -2.24. The quantitative estimate of drug-likeness (QED) is 0.455. The van der Waals surface area contributed by atoms with Crippen LogP contribution in [0.2, 0.25) is 0 Å². The molecule has 0 N–H and O–H groups in total. The molecule has 31 heavy (non-hydrogen) atoms. The van der Waals surface area contributed by atoms with Gasteiger partial charge in [-0.05, 0) is 35.4 Å². The molecule has 0 unspecified atom stereocenters. The number of benzene rings is 2. The third-order valence-electron chi connectivity index (χ3n) is 5.52. The van der Waals surface area contributed by atoms with E-state index in [1.807, 2.05) is 24.3 Å². The molecule has 0 bridgehead atoms. The fraction of sp³-hybridized carbons (Fsp3) is 0.455. The molecule has 0 atom stereocenters. The van der Waals surface area contributed by atoms with Gasteiger partial charge in [-0.2, -0.15) is 0 Å². The average Bonchev–Trinajstić information content (AvgIpc) is 3.24. The highest BCUT2D eigenvalue weighted by molar-refractivity contribution is 6.20. The Morgan fingerprint density at radius 2 is 1.06 bits per heavy atom. The third kappa shape index (κ3) is 6.37. The van der Waals surface area contributed by atoms with Gasteiger partial charge in [0, 0.05) is 39.0 Å².